The second-order valence-electron chi connectivity index (χ2n) is 6.07. The highest BCUT2D eigenvalue weighted by atomic mass is 35.5. The van der Waals surface area contributed by atoms with Crippen LogP contribution in [0.3, 0.4) is 0 Å². The van der Waals surface area contributed by atoms with E-state index in [1.807, 2.05) is 20.8 Å². The molecule has 0 spiro atoms. The fourth-order valence-electron chi connectivity index (χ4n) is 2.20. The SMILES string of the molecule is CC(C)(C)OC(=O)N1CCC([C@@H](N)CC(=O)O)CC1.Cl. The number of aliphatic carboxylic acids is 1. The Hall–Kier alpha value is -1.01. The van der Waals surface area contributed by atoms with Gasteiger partial charge in [-0.25, -0.2) is 4.79 Å². The molecule has 0 bridgehead atoms. The van der Waals surface area contributed by atoms with Crippen molar-refractivity contribution in [2.24, 2.45) is 11.7 Å². The number of nitrogens with zero attached hydrogens (tertiary/aromatic N) is 1. The third-order valence-electron chi connectivity index (χ3n) is 3.21. The van der Waals surface area contributed by atoms with Gasteiger partial charge in [-0.15, -0.1) is 12.4 Å². The molecule has 1 saturated heterocycles. The number of likely N-dealkylation sites (tertiary alicyclic amines) is 1. The molecule has 6 nitrogen and oxygen atoms in total. The molecule has 1 atom stereocenters. The molecule has 0 aromatic rings. The summed E-state index contributed by atoms with van der Waals surface area (Å²) in [6, 6.07) is -0.335. The molecule has 7 heteroatoms. The Labute approximate surface area is 126 Å². The van der Waals surface area contributed by atoms with Gasteiger partial charge >= 0.3 is 12.1 Å². The maximum absolute atomic E-state index is 11.8. The molecule has 1 aliphatic rings. The van der Waals surface area contributed by atoms with Gasteiger partial charge < -0.3 is 20.5 Å². The molecule has 1 aliphatic heterocycles. The molecular formula is C13H25ClN2O4. The average molecular weight is 309 g/mol. The van der Waals surface area contributed by atoms with E-state index in [2.05, 4.69) is 0 Å². The number of nitrogens with two attached hydrogens (primary N) is 1. The highest BCUT2D eigenvalue weighted by Crippen LogP contribution is 2.22. The first-order valence-electron chi connectivity index (χ1n) is 6.64. The van der Waals surface area contributed by atoms with Crippen LogP contribution in [-0.4, -0.2) is 46.8 Å². The van der Waals surface area contributed by atoms with Crippen LogP contribution < -0.4 is 5.73 Å². The van der Waals surface area contributed by atoms with Gasteiger partial charge in [-0.1, -0.05) is 0 Å². The average Bonchev–Trinajstić information content (AvgIpc) is 2.26. The Morgan fingerprint density at radius 3 is 2.25 bits per heavy atom. The van der Waals surface area contributed by atoms with Crippen LogP contribution in [0.5, 0.6) is 0 Å². The van der Waals surface area contributed by atoms with E-state index in [9.17, 15) is 9.59 Å². The molecule has 0 unspecified atom stereocenters. The molecule has 3 N–H and O–H groups in total. The molecule has 20 heavy (non-hydrogen) atoms. The van der Waals surface area contributed by atoms with E-state index in [0.717, 1.165) is 12.8 Å². The first-order chi connectivity index (χ1) is 8.69. The molecule has 0 aromatic heterocycles. The van der Waals surface area contributed by atoms with Crippen molar-refractivity contribution in [3.8, 4) is 0 Å². The Morgan fingerprint density at radius 1 is 1.35 bits per heavy atom. The number of carbonyl (C=O) groups excluding carboxylic acids is 1. The summed E-state index contributed by atoms with van der Waals surface area (Å²) < 4.78 is 5.30. The van der Waals surface area contributed by atoms with E-state index in [4.69, 9.17) is 15.6 Å². The predicted molar refractivity (Wildman–Crippen MR) is 78.0 cm³/mol. The van der Waals surface area contributed by atoms with E-state index in [0.29, 0.717) is 13.1 Å². The molecule has 118 valence electrons. The zero-order chi connectivity index (χ0) is 14.6. The Balaban J connectivity index is 0.00000361. The fraction of sp³-hybridized carbons (Fsp3) is 0.846. The molecule has 1 amide bonds. The quantitative estimate of drug-likeness (QED) is 0.830. The number of amides is 1. The van der Waals surface area contributed by atoms with Crippen molar-refractivity contribution in [2.75, 3.05) is 13.1 Å². The molecule has 0 saturated carbocycles. The molecule has 0 radical (unpaired) electrons. The van der Waals surface area contributed by atoms with Crippen molar-refractivity contribution in [3.05, 3.63) is 0 Å². The Kier molecular flexibility index (Phi) is 7.30. The lowest BCUT2D eigenvalue weighted by atomic mass is 9.88. The smallest absolute Gasteiger partial charge is 0.410 e. The number of halogens is 1. The summed E-state index contributed by atoms with van der Waals surface area (Å²) in [5.41, 5.74) is 5.36. The van der Waals surface area contributed by atoms with Crippen LogP contribution in [0.2, 0.25) is 0 Å². The van der Waals surface area contributed by atoms with Gasteiger partial charge in [-0.2, -0.15) is 0 Å². The first kappa shape index (κ1) is 19.0. The van der Waals surface area contributed by atoms with Crippen LogP contribution in [0.15, 0.2) is 0 Å². The molecule has 1 heterocycles. The van der Waals surface area contributed by atoms with Gasteiger partial charge in [0.1, 0.15) is 5.60 Å². The first-order valence-corrected chi connectivity index (χ1v) is 6.64. The third kappa shape index (κ3) is 6.43. The maximum Gasteiger partial charge on any atom is 0.410 e. The lowest BCUT2D eigenvalue weighted by Crippen LogP contribution is -2.45. The summed E-state index contributed by atoms with van der Waals surface area (Å²) in [5, 5.41) is 8.72. The number of carbonyl (C=O) groups is 2. The lowest BCUT2D eigenvalue weighted by molar-refractivity contribution is -0.137. The zero-order valence-electron chi connectivity index (χ0n) is 12.3. The Bertz CT molecular complexity index is 336. The maximum atomic E-state index is 11.8. The second-order valence-corrected chi connectivity index (χ2v) is 6.07. The largest absolute Gasteiger partial charge is 0.481 e. The normalized spacial score (nSPS) is 18.1. The minimum Gasteiger partial charge on any atom is -0.481 e. The van der Waals surface area contributed by atoms with Crippen LogP contribution in [0.25, 0.3) is 0 Å². The second kappa shape index (κ2) is 7.69. The monoisotopic (exact) mass is 308 g/mol. The number of ether oxygens (including phenoxy) is 1. The van der Waals surface area contributed by atoms with E-state index < -0.39 is 11.6 Å². The minimum atomic E-state index is -0.873. The van der Waals surface area contributed by atoms with E-state index in [1.165, 1.54) is 0 Å². The molecule has 1 fully saturated rings. The predicted octanol–water partition coefficient (Wildman–Crippen LogP) is 1.86. The fourth-order valence-corrected chi connectivity index (χ4v) is 2.20. The van der Waals surface area contributed by atoms with E-state index in [1.54, 1.807) is 4.90 Å². The van der Waals surface area contributed by atoms with Gasteiger partial charge in [-0.3, -0.25) is 4.79 Å². The number of hydrogen-bond acceptors (Lipinski definition) is 4. The van der Waals surface area contributed by atoms with Crippen LogP contribution in [0.1, 0.15) is 40.0 Å². The van der Waals surface area contributed by atoms with Crippen molar-refractivity contribution in [3.63, 3.8) is 0 Å². The van der Waals surface area contributed by atoms with Gasteiger partial charge in [-0.05, 0) is 39.5 Å². The summed E-state index contributed by atoms with van der Waals surface area (Å²) in [6.07, 6.45) is 1.14. The number of piperidine rings is 1. The van der Waals surface area contributed by atoms with Gasteiger partial charge in [0, 0.05) is 19.1 Å². The summed E-state index contributed by atoms with van der Waals surface area (Å²) >= 11 is 0. The summed E-state index contributed by atoms with van der Waals surface area (Å²) in [4.78, 5) is 24.1. The number of carboxylic acid groups (broad SMARTS) is 1. The van der Waals surface area contributed by atoms with E-state index >= 15 is 0 Å². The van der Waals surface area contributed by atoms with Gasteiger partial charge in [0.15, 0.2) is 0 Å². The van der Waals surface area contributed by atoms with Crippen molar-refractivity contribution in [1.82, 2.24) is 4.90 Å². The number of hydrogen-bond donors (Lipinski definition) is 2. The summed E-state index contributed by atoms with van der Waals surface area (Å²) in [7, 11) is 0. The number of rotatable bonds is 3. The molecule has 1 rings (SSSR count). The Morgan fingerprint density at radius 2 is 1.85 bits per heavy atom. The van der Waals surface area contributed by atoms with Gasteiger partial charge in [0.2, 0.25) is 0 Å². The van der Waals surface area contributed by atoms with Crippen molar-refractivity contribution < 1.29 is 19.4 Å². The third-order valence-corrected chi connectivity index (χ3v) is 3.21. The van der Waals surface area contributed by atoms with Crippen LogP contribution in [0, 0.1) is 5.92 Å². The lowest BCUT2D eigenvalue weighted by Gasteiger charge is -2.35. The van der Waals surface area contributed by atoms with Crippen LogP contribution in [0.4, 0.5) is 4.79 Å². The van der Waals surface area contributed by atoms with Crippen molar-refractivity contribution in [2.45, 2.75) is 51.7 Å². The molecule has 0 aliphatic carbocycles. The topological polar surface area (TPSA) is 92.9 Å². The zero-order valence-corrected chi connectivity index (χ0v) is 13.1. The molecule has 0 aromatic carbocycles. The van der Waals surface area contributed by atoms with Gasteiger partial charge in [0.25, 0.3) is 0 Å². The molecular weight excluding hydrogens is 284 g/mol. The van der Waals surface area contributed by atoms with Crippen LogP contribution >= 0.6 is 12.4 Å². The van der Waals surface area contributed by atoms with E-state index in [-0.39, 0.29) is 36.9 Å². The highest BCUT2D eigenvalue weighted by molar-refractivity contribution is 5.85. The highest BCUT2D eigenvalue weighted by Gasteiger charge is 2.29. The standard InChI is InChI=1S/C13H24N2O4.ClH/c1-13(2,3)19-12(18)15-6-4-9(5-7-15)10(14)8-11(16)17;/h9-10H,4-8,14H2,1-3H3,(H,16,17);1H/t10-;/m0./s1. The van der Waals surface area contributed by atoms with Crippen LogP contribution in [-0.2, 0) is 9.53 Å². The summed E-state index contributed by atoms with van der Waals surface area (Å²) in [5.74, 6) is -0.711. The minimum absolute atomic E-state index is 0. The summed E-state index contributed by atoms with van der Waals surface area (Å²) in [6.45, 7) is 6.65. The van der Waals surface area contributed by atoms with Gasteiger partial charge in [0.05, 0.1) is 6.42 Å². The number of carboxylic acids is 1. The van der Waals surface area contributed by atoms with Crippen molar-refractivity contribution in [1.29, 1.82) is 0 Å². The van der Waals surface area contributed by atoms with Crippen molar-refractivity contribution >= 4 is 24.5 Å².